The van der Waals surface area contributed by atoms with Gasteiger partial charge in [0, 0.05) is 33.9 Å². The van der Waals surface area contributed by atoms with Crippen LogP contribution in [0.3, 0.4) is 0 Å². The lowest BCUT2D eigenvalue weighted by Gasteiger charge is -2.05. The zero-order valence-electron chi connectivity index (χ0n) is 17.9. The van der Waals surface area contributed by atoms with Crippen LogP contribution in [0, 0.1) is 4.77 Å². The van der Waals surface area contributed by atoms with Gasteiger partial charge in [0.2, 0.25) is 4.77 Å². The summed E-state index contributed by atoms with van der Waals surface area (Å²) in [6.07, 6.45) is 1.82. The van der Waals surface area contributed by atoms with Crippen LogP contribution in [0.4, 0.5) is 0 Å². The second kappa shape index (κ2) is 8.43. The van der Waals surface area contributed by atoms with E-state index in [4.69, 9.17) is 17.0 Å². The predicted octanol–water partition coefficient (Wildman–Crippen LogP) is 6.02. The fourth-order valence-electron chi connectivity index (χ4n) is 4.07. The highest BCUT2D eigenvalue weighted by Crippen LogP contribution is 2.29. The van der Waals surface area contributed by atoms with Crippen LogP contribution < -0.4 is 4.74 Å². The summed E-state index contributed by atoms with van der Waals surface area (Å²) in [6.45, 7) is 5.69. The smallest absolute Gasteiger partial charge is 0.216 e. The minimum Gasteiger partial charge on any atom is -0.494 e. The normalized spacial score (nSPS) is 11.7. The summed E-state index contributed by atoms with van der Waals surface area (Å²) < 4.78 is 9.94. The molecule has 5 aromatic rings. The largest absolute Gasteiger partial charge is 0.494 e. The van der Waals surface area contributed by atoms with E-state index in [0.29, 0.717) is 17.2 Å². The molecular formula is C25H23N5OS. The molecule has 3 aromatic carbocycles. The lowest BCUT2D eigenvalue weighted by molar-refractivity contribution is 0.340. The van der Waals surface area contributed by atoms with Crippen molar-refractivity contribution in [2.75, 3.05) is 6.61 Å². The molecule has 0 amide bonds. The van der Waals surface area contributed by atoms with E-state index < -0.39 is 0 Å². The van der Waals surface area contributed by atoms with E-state index in [9.17, 15) is 0 Å². The maximum atomic E-state index is 5.53. The number of para-hydroxylation sites is 1. The maximum absolute atomic E-state index is 5.53. The zero-order chi connectivity index (χ0) is 22.1. The van der Waals surface area contributed by atoms with E-state index in [0.717, 1.165) is 23.4 Å². The molecule has 32 heavy (non-hydrogen) atoms. The Morgan fingerprint density at radius 2 is 1.78 bits per heavy atom. The first-order valence-corrected chi connectivity index (χ1v) is 11.1. The second-order valence-electron chi connectivity index (χ2n) is 7.40. The first kappa shape index (κ1) is 20.2. The Morgan fingerprint density at radius 1 is 1.00 bits per heavy atom. The molecule has 1 N–H and O–H groups in total. The van der Waals surface area contributed by atoms with Gasteiger partial charge in [0.25, 0.3) is 0 Å². The molecule has 0 atom stereocenters. The van der Waals surface area contributed by atoms with Gasteiger partial charge in [0.1, 0.15) is 5.75 Å². The fraction of sp³-hybridized carbons (Fsp3) is 0.160. The molecule has 2 aromatic heterocycles. The quantitative estimate of drug-likeness (QED) is 0.259. The van der Waals surface area contributed by atoms with E-state index in [-0.39, 0.29) is 0 Å². The SMILES string of the molecule is CCOc1ccc(-c2n[nH]c(=S)n2/N=C/c2ccc3c(c2)c2ccccc2n3CC)cc1. The number of aromatic nitrogens is 4. The van der Waals surface area contributed by atoms with Crippen LogP contribution in [0.2, 0.25) is 0 Å². The van der Waals surface area contributed by atoms with Gasteiger partial charge in [-0.25, -0.2) is 5.10 Å². The van der Waals surface area contributed by atoms with Gasteiger partial charge >= 0.3 is 0 Å². The van der Waals surface area contributed by atoms with Crippen molar-refractivity contribution in [2.24, 2.45) is 5.10 Å². The number of fused-ring (bicyclic) bond motifs is 3. The maximum Gasteiger partial charge on any atom is 0.216 e. The Bertz CT molecular complexity index is 1490. The van der Waals surface area contributed by atoms with Gasteiger partial charge in [-0.1, -0.05) is 24.3 Å². The molecule has 2 heterocycles. The Labute approximate surface area is 190 Å². The summed E-state index contributed by atoms with van der Waals surface area (Å²) in [5.41, 5.74) is 4.37. The van der Waals surface area contributed by atoms with Gasteiger partial charge < -0.3 is 9.30 Å². The van der Waals surface area contributed by atoms with E-state index in [1.807, 2.05) is 37.4 Å². The van der Waals surface area contributed by atoms with Crippen LogP contribution in [0.1, 0.15) is 19.4 Å². The number of hydrogen-bond acceptors (Lipinski definition) is 4. The molecule has 0 saturated heterocycles. The minimum absolute atomic E-state index is 0.439. The molecule has 5 rings (SSSR count). The van der Waals surface area contributed by atoms with Crippen LogP contribution in [-0.2, 0) is 6.54 Å². The molecule has 0 bridgehead atoms. The molecule has 0 unspecified atom stereocenters. The number of H-pyrrole nitrogens is 1. The van der Waals surface area contributed by atoms with Crippen LogP contribution in [-0.4, -0.2) is 32.3 Å². The van der Waals surface area contributed by atoms with Crippen LogP contribution in [0.25, 0.3) is 33.2 Å². The summed E-state index contributed by atoms with van der Waals surface area (Å²) in [7, 11) is 0. The van der Waals surface area contributed by atoms with Crippen LogP contribution in [0.15, 0.2) is 71.8 Å². The molecule has 0 saturated carbocycles. The Morgan fingerprint density at radius 3 is 2.56 bits per heavy atom. The number of aryl methyl sites for hydroxylation is 1. The molecule has 6 nitrogen and oxygen atoms in total. The average molecular weight is 442 g/mol. The third-order valence-electron chi connectivity index (χ3n) is 5.51. The highest BCUT2D eigenvalue weighted by atomic mass is 32.1. The van der Waals surface area contributed by atoms with E-state index in [1.165, 1.54) is 21.8 Å². The van der Waals surface area contributed by atoms with Crippen molar-refractivity contribution in [1.82, 2.24) is 19.4 Å². The van der Waals surface area contributed by atoms with Crippen molar-refractivity contribution in [3.8, 4) is 17.1 Å². The third kappa shape index (κ3) is 3.50. The van der Waals surface area contributed by atoms with Gasteiger partial charge in [-0.2, -0.15) is 14.9 Å². The lowest BCUT2D eigenvalue weighted by atomic mass is 10.1. The summed E-state index contributed by atoms with van der Waals surface area (Å²) in [5.74, 6) is 1.47. The lowest BCUT2D eigenvalue weighted by Crippen LogP contribution is -1.96. The molecule has 160 valence electrons. The summed E-state index contributed by atoms with van der Waals surface area (Å²) in [4.78, 5) is 0. The molecule has 0 fully saturated rings. The second-order valence-corrected chi connectivity index (χ2v) is 7.79. The standard InChI is InChI=1S/C25H23N5OS/c1-3-29-22-8-6-5-7-20(22)21-15-17(9-14-23(21)29)16-26-30-24(27-28-25(30)32)18-10-12-19(13-11-18)31-4-2/h5-16H,3-4H2,1-2H3,(H,28,32)/b26-16+. The zero-order valence-corrected chi connectivity index (χ0v) is 18.8. The number of rotatable bonds is 6. The molecular weight excluding hydrogens is 418 g/mol. The monoisotopic (exact) mass is 441 g/mol. The van der Waals surface area contributed by atoms with Crippen molar-refractivity contribution < 1.29 is 4.74 Å². The van der Waals surface area contributed by atoms with Gasteiger partial charge in [-0.3, -0.25) is 0 Å². The van der Waals surface area contributed by atoms with E-state index in [2.05, 4.69) is 69.3 Å². The Balaban J connectivity index is 1.53. The molecule has 0 aliphatic heterocycles. The number of nitrogens with one attached hydrogen (secondary N) is 1. The third-order valence-corrected chi connectivity index (χ3v) is 5.77. The topological polar surface area (TPSA) is 60.1 Å². The summed E-state index contributed by atoms with van der Waals surface area (Å²) in [5, 5.41) is 14.3. The molecule has 7 heteroatoms. The van der Waals surface area contributed by atoms with Gasteiger partial charge in [-0.05, 0) is 74.1 Å². The van der Waals surface area contributed by atoms with Crippen LogP contribution in [0.5, 0.6) is 5.75 Å². The number of hydrogen-bond donors (Lipinski definition) is 1. The van der Waals surface area contributed by atoms with Gasteiger partial charge in [0.05, 0.1) is 12.8 Å². The highest BCUT2D eigenvalue weighted by Gasteiger charge is 2.10. The van der Waals surface area contributed by atoms with Gasteiger partial charge in [-0.15, -0.1) is 0 Å². The highest BCUT2D eigenvalue weighted by molar-refractivity contribution is 7.71. The van der Waals surface area contributed by atoms with Crippen molar-refractivity contribution in [2.45, 2.75) is 20.4 Å². The molecule has 0 radical (unpaired) electrons. The summed E-state index contributed by atoms with van der Waals surface area (Å²) >= 11 is 5.42. The Hall–Kier alpha value is -3.71. The van der Waals surface area contributed by atoms with E-state index in [1.54, 1.807) is 4.68 Å². The number of benzene rings is 3. The van der Waals surface area contributed by atoms with Crippen LogP contribution >= 0.6 is 12.2 Å². The Kier molecular flexibility index (Phi) is 5.33. The minimum atomic E-state index is 0.439. The number of aromatic amines is 1. The van der Waals surface area contributed by atoms with Crippen molar-refractivity contribution in [3.63, 3.8) is 0 Å². The van der Waals surface area contributed by atoms with Crippen molar-refractivity contribution >= 4 is 40.2 Å². The van der Waals surface area contributed by atoms with Crippen molar-refractivity contribution in [3.05, 3.63) is 77.1 Å². The average Bonchev–Trinajstić information content (AvgIpc) is 3.35. The van der Waals surface area contributed by atoms with Gasteiger partial charge in [0.15, 0.2) is 5.82 Å². The molecule has 0 aliphatic carbocycles. The number of ether oxygens (including phenoxy) is 1. The predicted molar refractivity (Wildman–Crippen MR) is 132 cm³/mol. The van der Waals surface area contributed by atoms with E-state index >= 15 is 0 Å². The molecule has 0 spiro atoms. The fourth-order valence-corrected chi connectivity index (χ4v) is 4.25. The summed E-state index contributed by atoms with van der Waals surface area (Å²) in [6, 6.07) is 22.6. The molecule has 0 aliphatic rings. The first-order chi connectivity index (χ1) is 15.7. The van der Waals surface area contributed by atoms with Crippen molar-refractivity contribution in [1.29, 1.82) is 0 Å². The first-order valence-electron chi connectivity index (χ1n) is 10.7. The number of nitrogens with zero attached hydrogens (tertiary/aromatic N) is 4.